The van der Waals surface area contributed by atoms with Gasteiger partial charge >= 0.3 is 0 Å². The molecule has 0 spiro atoms. The summed E-state index contributed by atoms with van der Waals surface area (Å²) >= 11 is 0. The third-order valence-electron chi connectivity index (χ3n) is 3.78. The molecule has 0 radical (unpaired) electrons. The van der Waals surface area contributed by atoms with E-state index in [4.69, 9.17) is 0 Å². The first-order valence-electron chi connectivity index (χ1n) is 6.69. The van der Waals surface area contributed by atoms with Crippen molar-refractivity contribution in [1.29, 1.82) is 0 Å². The summed E-state index contributed by atoms with van der Waals surface area (Å²) in [5.41, 5.74) is 2.33. The molecule has 1 aromatic heterocycles. The zero-order chi connectivity index (χ0) is 13.1. The number of pyridine rings is 1. The Bertz CT molecular complexity index is 535. The highest BCUT2D eigenvalue weighted by molar-refractivity contribution is 5.24. The van der Waals surface area contributed by atoms with Crippen molar-refractivity contribution < 1.29 is 4.39 Å². The Morgan fingerprint density at radius 1 is 1.21 bits per heavy atom. The lowest BCUT2D eigenvalue weighted by molar-refractivity contribution is 0.289. The van der Waals surface area contributed by atoms with Gasteiger partial charge in [-0.1, -0.05) is 18.2 Å². The van der Waals surface area contributed by atoms with E-state index in [1.54, 1.807) is 18.3 Å². The van der Waals surface area contributed by atoms with E-state index in [1.165, 1.54) is 11.6 Å². The molecule has 1 aliphatic carbocycles. The molecule has 0 aliphatic heterocycles. The average molecular weight is 256 g/mol. The number of aromatic nitrogens is 1. The second kappa shape index (κ2) is 5.49. The SMILES string of the molecule is Fc1cccc(C2CC(NCc3cccnc3)C2)c1. The topological polar surface area (TPSA) is 24.9 Å². The van der Waals surface area contributed by atoms with E-state index < -0.39 is 0 Å². The van der Waals surface area contributed by atoms with Crippen molar-refractivity contribution in [1.82, 2.24) is 10.3 Å². The van der Waals surface area contributed by atoms with E-state index in [0.717, 1.165) is 24.9 Å². The molecule has 0 bridgehead atoms. The fourth-order valence-electron chi connectivity index (χ4n) is 2.58. The van der Waals surface area contributed by atoms with Crippen LogP contribution in [0.3, 0.4) is 0 Å². The predicted octanol–water partition coefficient (Wildman–Crippen LogP) is 3.26. The molecule has 3 rings (SSSR count). The van der Waals surface area contributed by atoms with Crippen molar-refractivity contribution in [2.45, 2.75) is 31.3 Å². The molecule has 1 heterocycles. The quantitative estimate of drug-likeness (QED) is 0.908. The monoisotopic (exact) mass is 256 g/mol. The summed E-state index contributed by atoms with van der Waals surface area (Å²) < 4.78 is 13.1. The van der Waals surface area contributed by atoms with Crippen LogP contribution >= 0.6 is 0 Å². The molecule has 0 saturated heterocycles. The highest BCUT2D eigenvalue weighted by Crippen LogP contribution is 2.37. The Morgan fingerprint density at radius 3 is 2.84 bits per heavy atom. The van der Waals surface area contributed by atoms with Gasteiger partial charge in [-0.25, -0.2) is 4.39 Å². The van der Waals surface area contributed by atoms with Crippen molar-refractivity contribution in [3.8, 4) is 0 Å². The van der Waals surface area contributed by atoms with Gasteiger partial charge in [-0.05, 0) is 48.1 Å². The number of nitrogens with one attached hydrogen (secondary N) is 1. The molecule has 1 saturated carbocycles. The van der Waals surface area contributed by atoms with Crippen LogP contribution in [0.5, 0.6) is 0 Å². The van der Waals surface area contributed by atoms with Gasteiger partial charge in [0.25, 0.3) is 0 Å². The first kappa shape index (κ1) is 12.3. The molecular formula is C16H17FN2. The lowest BCUT2D eigenvalue weighted by Crippen LogP contribution is -2.39. The summed E-state index contributed by atoms with van der Waals surface area (Å²) in [6.07, 6.45) is 5.84. The van der Waals surface area contributed by atoms with E-state index in [-0.39, 0.29) is 5.82 Å². The molecule has 98 valence electrons. The van der Waals surface area contributed by atoms with Crippen molar-refractivity contribution in [3.63, 3.8) is 0 Å². The van der Waals surface area contributed by atoms with Gasteiger partial charge < -0.3 is 5.32 Å². The van der Waals surface area contributed by atoms with Gasteiger partial charge in [0.1, 0.15) is 5.82 Å². The number of hydrogen-bond acceptors (Lipinski definition) is 2. The van der Waals surface area contributed by atoms with Crippen molar-refractivity contribution in [2.75, 3.05) is 0 Å². The maximum Gasteiger partial charge on any atom is 0.123 e. The molecule has 0 atom stereocenters. The first-order chi connectivity index (χ1) is 9.31. The van der Waals surface area contributed by atoms with Gasteiger partial charge in [-0.15, -0.1) is 0 Å². The first-order valence-corrected chi connectivity index (χ1v) is 6.69. The van der Waals surface area contributed by atoms with Crippen LogP contribution in [0.15, 0.2) is 48.8 Å². The summed E-state index contributed by atoms with van der Waals surface area (Å²) in [7, 11) is 0. The molecule has 3 heteroatoms. The second-order valence-corrected chi connectivity index (χ2v) is 5.16. The smallest absolute Gasteiger partial charge is 0.123 e. The number of halogens is 1. The van der Waals surface area contributed by atoms with Gasteiger partial charge in [-0.2, -0.15) is 0 Å². The lowest BCUT2D eigenvalue weighted by Gasteiger charge is -2.36. The van der Waals surface area contributed by atoms with Crippen LogP contribution in [0, 0.1) is 5.82 Å². The van der Waals surface area contributed by atoms with E-state index in [9.17, 15) is 4.39 Å². The number of nitrogens with zero attached hydrogens (tertiary/aromatic N) is 1. The molecule has 1 aliphatic rings. The van der Waals surface area contributed by atoms with Gasteiger partial charge in [-0.3, -0.25) is 4.98 Å². The van der Waals surface area contributed by atoms with Gasteiger partial charge in [0, 0.05) is 25.0 Å². The molecule has 2 nitrogen and oxygen atoms in total. The van der Waals surface area contributed by atoms with Gasteiger partial charge in [0.2, 0.25) is 0 Å². The predicted molar refractivity (Wildman–Crippen MR) is 73.2 cm³/mol. The summed E-state index contributed by atoms with van der Waals surface area (Å²) in [5, 5.41) is 3.52. The normalized spacial score (nSPS) is 21.9. The molecule has 1 N–H and O–H groups in total. The van der Waals surface area contributed by atoms with Gasteiger partial charge in [0.15, 0.2) is 0 Å². The van der Waals surface area contributed by atoms with Crippen LogP contribution in [0.1, 0.15) is 29.9 Å². The third-order valence-corrected chi connectivity index (χ3v) is 3.78. The van der Waals surface area contributed by atoms with Crippen LogP contribution in [0.2, 0.25) is 0 Å². The molecule has 1 fully saturated rings. The van der Waals surface area contributed by atoms with Crippen molar-refractivity contribution in [2.24, 2.45) is 0 Å². The van der Waals surface area contributed by atoms with E-state index in [1.807, 2.05) is 18.3 Å². The zero-order valence-electron chi connectivity index (χ0n) is 10.7. The van der Waals surface area contributed by atoms with E-state index in [0.29, 0.717) is 12.0 Å². The Hall–Kier alpha value is -1.74. The standard InChI is InChI=1S/C16H17FN2/c17-15-5-1-4-13(7-15)14-8-16(9-14)19-11-12-3-2-6-18-10-12/h1-7,10,14,16,19H,8-9,11H2. The highest BCUT2D eigenvalue weighted by Gasteiger charge is 2.29. The summed E-state index contributed by atoms with van der Waals surface area (Å²) in [6, 6.07) is 11.5. The molecule has 1 aromatic carbocycles. The molecular weight excluding hydrogens is 239 g/mol. The van der Waals surface area contributed by atoms with Crippen LogP contribution in [0.4, 0.5) is 4.39 Å². The number of benzene rings is 1. The fourth-order valence-corrected chi connectivity index (χ4v) is 2.58. The minimum absolute atomic E-state index is 0.135. The van der Waals surface area contributed by atoms with Gasteiger partial charge in [0.05, 0.1) is 0 Å². The minimum atomic E-state index is -0.135. The number of hydrogen-bond donors (Lipinski definition) is 1. The average Bonchev–Trinajstić information content (AvgIpc) is 2.38. The fraction of sp³-hybridized carbons (Fsp3) is 0.312. The zero-order valence-corrected chi connectivity index (χ0v) is 10.7. The third kappa shape index (κ3) is 2.99. The molecule has 0 unspecified atom stereocenters. The van der Waals surface area contributed by atoms with Crippen LogP contribution in [0.25, 0.3) is 0 Å². The maximum absolute atomic E-state index is 13.1. The minimum Gasteiger partial charge on any atom is -0.310 e. The Labute approximate surface area is 112 Å². The van der Waals surface area contributed by atoms with E-state index in [2.05, 4.69) is 16.4 Å². The highest BCUT2D eigenvalue weighted by atomic mass is 19.1. The molecule has 19 heavy (non-hydrogen) atoms. The van der Waals surface area contributed by atoms with Crippen LogP contribution in [-0.2, 0) is 6.54 Å². The van der Waals surface area contributed by atoms with Crippen molar-refractivity contribution >= 4 is 0 Å². The maximum atomic E-state index is 13.1. The van der Waals surface area contributed by atoms with Crippen molar-refractivity contribution in [3.05, 3.63) is 65.7 Å². The van der Waals surface area contributed by atoms with Crippen LogP contribution in [-0.4, -0.2) is 11.0 Å². The second-order valence-electron chi connectivity index (χ2n) is 5.16. The Kier molecular flexibility index (Phi) is 3.56. The summed E-state index contributed by atoms with van der Waals surface area (Å²) in [6.45, 7) is 0.856. The van der Waals surface area contributed by atoms with Crippen LogP contribution < -0.4 is 5.32 Å². The Morgan fingerprint density at radius 2 is 2.11 bits per heavy atom. The van der Waals surface area contributed by atoms with E-state index >= 15 is 0 Å². The summed E-state index contributed by atoms with van der Waals surface area (Å²) in [5.74, 6) is 0.367. The molecule has 2 aromatic rings. The number of rotatable bonds is 4. The summed E-state index contributed by atoms with van der Waals surface area (Å²) in [4.78, 5) is 4.10. The lowest BCUT2D eigenvalue weighted by atomic mass is 9.76. The Balaban J connectivity index is 1.48. The largest absolute Gasteiger partial charge is 0.310 e. The molecule has 0 amide bonds.